The molecule has 578 valence electrons. The number of carbonyl (C=O) groups is 1. The highest BCUT2D eigenvalue weighted by Crippen LogP contribution is 2.33. The molecule has 3 rings (SSSR count). The molecule has 0 radical (unpaired) electrons. The summed E-state index contributed by atoms with van der Waals surface area (Å²) in [5, 5.41) is 121. The zero-order chi connectivity index (χ0) is 72.5. The maximum atomic E-state index is 13.5. The van der Waals surface area contributed by atoms with Crippen LogP contribution in [0.3, 0.4) is 0 Å². The van der Waals surface area contributed by atoms with Crippen molar-refractivity contribution < 1.29 is 89.4 Å². The van der Waals surface area contributed by atoms with E-state index in [0.29, 0.717) is 6.42 Å². The highest BCUT2D eigenvalue weighted by atomic mass is 16.8. The number of unbranched alkanes of at least 4 members (excludes halogenated alkanes) is 31. The summed E-state index contributed by atoms with van der Waals surface area (Å²) in [6, 6.07) is -0.982. The Morgan fingerprint density at radius 2 is 0.690 bits per heavy atom. The van der Waals surface area contributed by atoms with Crippen molar-refractivity contribution >= 4 is 5.91 Å². The summed E-state index contributed by atoms with van der Waals surface area (Å²) < 4.78 is 34.4. The molecule has 3 aliphatic rings. The molecule has 19 heteroatoms. The molecule has 100 heavy (non-hydrogen) atoms. The van der Waals surface area contributed by atoms with Gasteiger partial charge in [-0.25, -0.2) is 0 Å². The summed E-state index contributed by atoms with van der Waals surface area (Å²) in [5.74, 6) is -0.280. The molecule has 0 aromatic rings. The zero-order valence-electron chi connectivity index (χ0n) is 61.6. The quantitative estimate of drug-likeness (QED) is 0.0199. The van der Waals surface area contributed by atoms with Crippen molar-refractivity contribution in [3.05, 3.63) is 97.2 Å². The SMILES string of the molecule is CC/C=C\C/C=C\C/C=C\C/C=C\C/C=C\C/C=C\C/C=C\CCCCCCCCCCCCCC(=O)NC(COC1OC(CO)C(OC2OC(CO)C(OC3OC(CO)C(O)C(O)C3O)C(O)C2O)C(O)C1O)C(O)/C=C/CCCCCCCCCCCCCCCCCCCCCC. The van der Waals surface area contributed by atoms with Gasteiger partial charge in [0.05, 0.1) is 38.6 Å². The van der Waals surface area contributed by atoms with Gasteiger partial charge in [-0.2, -0.15) is 0 Å². The Labute approximate surface area is 603 Å². The molecule has 1 amide bonds. The van der Waals surface area contributed by atoms with Crippen molar-refractivity contribution in [1.29, 1.82) is 0 Å². The van der Waals surface area contributed by atoms with Gasteiger partial charge >= 0.3 is 0 Å². The molecule has 3 aliphatic heterocycles. The van der Waals surface area contributed by atoms with Crippen molar-refractivity contribution in [1.82, 2.24) is 5.32 Å². The average Bonchev–Trinajstić information content (AvgIpc) is 0.783. The van der Waals surface area contributed by atoms with Gasteiger partial charge in [-0.15, -0.1) is 0 Å². The normalized spacial score (nSPS) is 27.0. The number of aliphatic hydroxyl groups is 11. The number of ether oxygens (including phenoxy) is 6. The second kappa shape index (κ2) is 60.9. The monoisotopic (exact) mass is 1420 g/mol. The van der Waals surface area contributed by atoms with Crippen LogP contribution in [0.5, 0.6) is 0 Å². The molecule has 0 spiro atoms. The zero-order valence-corrected chi connectivity index (χ0v) is 61.6. The number of allylic oxidation sites excluding steroid dienone is 15. The van der Waals surface area contributed by atoms with E-state index in [-0.39, 0.29) is 18.9 Å². The second-order valence-corrected chi connectivity index (χ2v) is 27.8. The van der Waals surface area contributed by atoms with Crippen LogP contribution in [0.2, 0.25) is 0 Å². The van der Waals surface area contributed by atoms with Crippen LogP contribution in [0.25, 0.3) is 0 Å². The van der Waals surface area contributed by atoms with Gasteiger partial charge in [0.2, 0.25) is 5.91 Å². The summed E-state index contributed by atoms with van der Waals surface area (Å²) in [6.07, 6.45) is 55.2. The largest absolute Gasteiger partial charge is 0.394 e. The molecule has 0 aromatic carbocycles. The summed E-state index contributed by atoms with van der Waals surface area (Å²) in [6.45, 7) is 1.64. The first-order chi connectivity index (χ1) is 48.8. The molecule has 0 bridgehead atoms. The van der Waals surface area contributed by atoms with Gasteiger partial charge in [0, 0.05) is 6.42 Å². The van der Waals surface area contributed by atoms with E-state index in [1.807, 2.05) is 6.08 Å². The highest BCUT2D eigenvalue weighted by molar-refractivity contribution is 5.76. The third-order valence-corrected chi connectivity index (χ3v) is 19.1. The first-order valence-electron chi connectivity index (χ1n) is 39.5. The number of carbonyl (C=O) groups excluding carboxylic acids is 1. The highest BCUT2D eigenvalue weighted by Gasteiger charge is 2.53. The Balaban J connectivity index is 1.38. The first-order valence-corrected chi connectivity index (χ1v) is 39.5. The fourth-order valence-electron chi connectivity index (χ4n) is 12.8. The van der Waals surface area contributed by atoms with E-state index in [4.69, 9.17) is 28.4 Å². The predicted molar refractivity (Wildman–Crippen MR) is 397 cm³/mol. The minimum atomic E-state index is -1.98. The summed E-state index contributed by atoms with van der Waals surface area (Å²) in [4.78, 5) is 13.5. The van der Waals surface area contributed by atoms with E-state index < -0.39 is 124 Å². The molecule has 3 fully saturated rings. The van der Waals surface area contributed by atoms with Crippen LogP contribution >= 0.6 is 0 Å². The molecule has 0 aromatic heterocycles. The first kappa shape index (κ1) is 90.9. The average molecular weight is 1420 g/mol. The van der Waals surface area contributed by atoms with Crippen LogP contribution in [0, 0.1) is 0 Å². The van der Waals surface area contributed by atoms with Crippen molar-refractivity contribution in [2.24, 2.45) is 0 Å². The van der Waals surface area contributed by atoms with Crippen LogP contribution in [-0.2, 0) is 33.2 Å². The number of hydrogen-bond acceptors (Lipinski definition) is 18. The molecule has 3 heterocycles. The van der Waals surface area contributed by atoms with Gasteiger partial charge in [0.15, 0.2) is 18.9 Å². The summed E-state index contributed by atoms with van der Waals surface area (Å²) in [7, 11) is 0. The summed E-state index contributed by atoms with van der Waals surface area (Å²) >= 11 is 0. The van der Waals surface area contributed by atoms with Crippen molar-refractivity contribution in [3.63, 3.8) is 0 Å². The van der Waals surface area contributed by atoms with Gasteiger partial charge in [-0.3, -0.25) is 4.79 Å². The Bertz CT molecular complexity index is 2190. The lowest BCUT2D eigenvalue weighted by Gasteiger charge is -2.48. The van der Waals surface area contributed by atoms with E-state index >= 15 is 0 Å². The van der Waals surface area contributed by atoms with Gasteiger partial charge in [0.1, 0.15) is 73.2 Å². The lowest BCUT2D eigenvalue weighted by molar-refractivity contribution is -0.379. The van der Waals surface area contributed by atoms with Crippen LogP contribution in [0.1, 0.15) is 277 Å². The molecule has 3 saturated heterocycles. The molecule has 0 saturated carbocycles. The fraction of sp³-hybridized carbons (Fsp3) is 0.790. The lowest BCUT2D eigenvalue weighted by atomic mass is 9.96. The Hall–Kier alpha value is -3.29. The van der Waals surface area contributed by atoms with Crippen LogP contribution in [0.4, 0.5) is 0 Å². The third kappa shape index (κ3) is 40.8. The van der Waals surface area contributed by atoms with E-state index in [2.05, 4.69) is 104 Å². The van der Waals surface area contributed by atoms with E-state index in [1.54, 1.807) is 6.08 Å². The van der Waals surface area contributed by atoms with Gasteiger partial charge in [-0.05, 0) is 77.0 Å². The number of nitrogens with one attached hydrogen (secondary N) is 1. The molecule has 17 unspecified atom stereocenters. The standard InChI is InChI=1S/C81H141NO18/c1-3-5-7-9-11-13-15-17-19-21-23-25-27-28-29-30-31-32-33-34-35-36-37-39-41-43-45-47-49-51-53-55-57-59-69(87)82-64(65(86)58-56-54-52-50-48-46-44-42-40-38-26-24-22-20-18-16-14-12-10-8-6-4-2)63-95-79-75(93)72(90)77(67(61-84)97-79)100-81-76(94)73(91)78(68(62-85)98-81)99-80-74(92)71(89)70(88)66(60-83)96-80/h5,7,11,13,17,19,23,25,28-29,31-32,34-35,56,58,64-68,70-81,83-86,88-94H,3-4,6,8-10,12,14-16,18,20-22,24,26-27,30,33,36-55,57,59-63H2,1-2H3,(H,82,87)/b7-5-,13-11-,19-17-,25-23-,29-28-,32-31-,35-34-,58-56+. The van der Waals surface area contributed by atoms with Gasteiger partial charge < -0.3 is 89.9 Å². The minimum absolute atomic E-state index is 0.235. The van der Waals surface area contributed by atoms with Crippen LogP contribution < -0.4 is 5.32 Å². The number of hydrogen-bond donors (Lipinski definition) is 12. The maximum absolute atomic E-state index is 13.5. The predicted octanol–water partition coefficient (Wildman–Crippen LogP) is 12.8. The van der Waals surface area contributed by atoms with Crippen molar-refractivity contribution in [3.8, 4) is 0 Å². The van der Waals surface area contributed by atoms with E-state index in [9.17, 15) is 61.0 Å². The minimum Gasteiger partial charge on any atom is -0.394 e. The number of rotatable bonds is 61. The van der Waals surface area contributed by atoms with Crippen LogP contribution in [0.15, 0.2) is 97.2 Å². The topological polar surface area (TPSA) is 307 Å². The molecule has 17 atom stereocenters. The molecular weight excluding hydrogens is 1270 g/mol. The van der Waals surface area contributed by atoms with E-state index in [1.165, 1.54) is 148 Å². The molecule has 19 nitrogen and oxygen atoms in total. The second-order valence-electron chi connectivity index (χ2n) is 27.8. The molecule has 0 aliphatic carbocycles. The Morgan fingerprint density at radius 3 is 1.08 bits per heavy atom. The maximum Gasteiger partial charge on any atom is 0.220 e. The fourth-order valence-corrected chi connectivity index (χ4v) is 12.8. The third-order valence-electron chi connectivity index (χ3n) is 19.1. The number of aliphatic hydroxyl groups excluding tert-OH is 11. The molecule has 12 N–H and O–H groups in total. The van der Waals surface area contributed by atoms with Gasteiger partial charge in [0.25, 0.3) is 0 Å². The Kier molecular flexibility index (Phi) is 55.4. The van der Waals surface area contributed by atoms with Crippen molar-refractivity contribution in [2.45, 2.75) is 381 Å². The van der Waals surface area contributed by atoms with Crippen LogP contribution in [-0.4, -0.2) is 193 Å². The number of amides is 1. The smallest absolute Gasteiger partial charge is 0.220 e. The van der Waals surface area contributed by atoms with Gasteiger partial charge in [-0.1, -0.05) is 291 Å². The molecular formula is C81H141NO18. The van der Waals surface area contributed by atoms with E-state index in [0.717, 1.165) is 103 Å². The Morgan fingerprint density at radius 1 is 0.370 bits per heavy atom. The summed E-state index contributed by atoms with van der Waals surface area (Å²) in [5.41, 5.74) is 0. The van der Waals surface area contributed by atoms with Crippen molar-refractivity contribution in [2.75, 3.05) is 26.4 Å². The lowest BCUT2D eigenvalue weighted by Crippen LogP contribution is -2.66.